The number of anilines is 2. The van der Waals surface area contributed by atoms with Gasteiger partial charge in [0, 0.05) is 30.0 Å². The first-order chi connectivity index (χ1) is 14.8. The maximum absolute atomic E-state index is 12.9. The van der Waals surface area contributed by atoms with Crippen molar-refractivity contribution in [1.29, 1.82) is 0 Å². The van der Waals surface area contributed by atoms with Crippen LogP contribution in [-0.2, 0) is 6.18 Å². The summed E-state index contributed by atoms with van der Waals surface area (Å²) in [7, 11) is 0. The lowest BCUT2D eigenvalue weighted by molar-refractivity contribution is -0.137. The summed E-state index contributed by atoms with van der Waals surface area (Å²) >= 11 is 0. The number of carbonyl (C=O) groups excluding carboxylic acids is 2. The fraction of sp³-hybridized carbons (Fsp3) is 0.130. The lowest BCUT2D eigenvalue weighted by Crippen LogP contribution is -2.41. The highest BCUT2D eigenvalue weighted by Gasteiger charge is 2.30. The Labute approximate surface area is 177 Å². The number of hydrogen-bond donors (Lipinski definition) is 2. The number of carbonyl (C=O) groups is 2. The highest BCUT2D eigenvalue weighted by molar-refractivity contribution is 6.01. The van der Waals surface area contributed by atoms with Gasteiger partial charge in [0.1, 0.15) is 0 Å². The number of rotatable bonds is 6. The molecule has 0 spiro atoms. The van der Waals surface area contributed by atoms with Crippen LogP contribution >= 0.6 is 0 Å². The molecule has 160 valence electrons. The molecule has 8 heteroatoms. The fourth-order valence-corrected chi connectivity index (χ4v) is 2.89. The zero-order chi connectivity index (χ0) is 22.3. The van der Waals surface area contributed by atoms with Gasteiger partial charge in [-0.2, -0.15) is 13.2 Å². The SMILES string of the molecule is O=C(NCCN(C(=O)Nc1ccccc1)c1ccccc1)c1cccc(C(F)(F)F)c1. The highest BCUT2D eigenvalue weighted by atomic mass is 19.4. The highest BCUT2D eigenvalue weighted by Crippen LogP contribution is 2.29. The number of benzene rings is 3. The van der Waals surface area contributed by atoms with Gasteiger partial charge in [-0.1, -0.05) is 42.5 Å². The third-order valence-corrected chi connectivity index (χ3v) is 4.41. The van der Waals surface area contributed by atoms with E-state index >= 15 is 0 Å². The van der Waals surface area contributed by atoms with Crippen molar-refractivity contribution in [3.63, 3.8) is 0 Å². The zero-order valence-electron chi connectivity index (χ0n) is 16.4. The Morgan fingerprint density at radius 1 is 0.839 bits per heavy atom. The molecule has 0 aliphatic heterocycles. The van der Waals surface area contributed by atoms with Crippen LogP contribution in [0.3, 0.4) is 0 Å². The van der Waals surface area contributed by atoms with Crippen molar-refractivity contribution in [2.45, 2.75) is 6.18 Å². The molecule has 31 heavy (non-hydrogen) atoms. The Balaban J connectivity index is 1.67. The second-order valence-electron chi connectivity index (χ2n) is 6.62. The minimum Gasteiger partial charge on any atom is -0.350 e. The van der Waals surface area contributed by atoms with Crippen LogP contribution in [0.25, 0.3) is 0 Å². The molecule has 0 saturated heterocycles. The van der Waals surface area contributed by atoms with Crippen LogP contribution in [0.2, 0.25) is 0 Å². The average Bonchev–Trinajstić information content (AvgIpc) is 2.77. The topological polar surface area (TPSA) is 61.4 Å². The maximum Gasteiger partial charge on any atom is 0.416 e. The van der Waals surface area contributed by atoms with Gasteiger partial charge >= 0.3 is 12.2 Å². The number of halogens is 3. The van der Waals surface area contributed by atoms with Crippen molar-refractivity contribution >= 4 is 23.3 Å². The molecule has 3 aromatic rings. The van der Waals surface area contributed by atoms with Crippen LogP contribution in [0, 0.1) is 0 Å². The van der Waals surface area contributed by atoms with E-state index in [0.29, 0.717) is 11.4 Å². The minimum atomic E-state index is -4.53. The predicted molar refractivity (Wildman–Crippen MR) is 113 cm³/mol. The van der Waals surface area contributed by atoms with Gasteiger partial charge < -0.3 is 10.6 Å². The summed E-state index contributed by atoms with van der Waals surface area (Å²) in [5, 5.41) is 5.35. The molecule has 0 aromatic heterocycles. The van der Waals surface area contributed by atoms with E-state index in [4.69, 9.17) is 0 Å². The molecule has 0 saturated carbocycles. The van der Waals surface area contributed by atoms with Gasteiger partial charge in [-0.15, -0.1) is 0 Å². The van der Waals surface area contributed by atoms with E-state index in [1.165, 1.54) is 17.0 Å². The van der Waals surface area contributed by atoms with E-state index in [1.807, 2.05) is 12.1 Å². The Bertz CT molecular complexity index is 1020. The summed E-state index contributed by atoms with van der Waals surface area (Å²) in [5.74, 6) is -0.650. The fourth-order valence-electron chi connectivity index (χ4n) is 2.89. The number of alkyl halides is 3. The molecule has 2 N–H and O–H groups in total. The molecule has 0 bridgehead atoms. The van der Waals surface area contributed by atoms with E-state index in [2.05, 4.69) is 10.6 Å². The molecule has 3 aromatic carbocycles. The Morgan fingerprint density at radius 3 is 2.13 bits per heavy atom. The smallest absolute Gasteiger partial charge is 0.350 e. The lowest BCUT2D eigenvalue weighted by Gasteiger charge is -2.23. The monoisotopic (exact) mass is 427 g/mol. The first-order valence-corrected chi connectivity index (χ1v) is 9.48. The van der Waals surface area contributed by atoms with Crippen molar-refractivity contribution in [3.8, 4) is 0 Å². The zero-order valence-corrected chi connectivity index (χ0v) is 16.4. The molecule has 0 fully saturated rings. The molecule has 3 amide bonds. The Morgan fingerprint density at radius 2 is 1.48 bits per heavy atom. The second kappa shape index (κ2) is 9.80. The molecule has 3 rings (SSSR count). The van der Waals surface area contributed by atoms with Crippen LogP contribution in [-0.4, -0.2) is 25.0 Å². The van der Waals surface area contributed by atoms with Gasteiger partial charge in [0.05, 0.1) is 5.56 Å². The second-order valence-corrected chi connectivity index (χ2v) is 6.62. The van der Waals surface area contributed by atoms with Crippen LogP contribution < -0.4 is 15.5 Å². The molecule has 0 aliphatic rings. The van der Waals surface area contributed by atoms with Crippen molar-refractivity contribution in [2.24, 2.45) is 0 Å². The largest absolute Gasteiger partial charge is 0.416 e. The quantitative estimate of drug-likeness (QED) is 0.570. The first kappa shape index (κ1) is 21.9. The van der Waals surface area contributed by atoms with Crippen LogP contribution in [0.5, 0.6) is 0 Å². The number of para-hydroxylation sites is 2. The average molecular weight is 427 g/mol. The summed E-state index contributed by atoms with van der Waals surface area (Å²) in [6.07, 6.45) is -4.53. The Hall–Kier alpha value is -3.81. The van der Waals surface area contributed by atoms with Crippen LogP contribution in [0.1, 0.15) is 15.9 Å². The number of amides is 3. The summed E-state index contributed by atoms with van der Waals surface area (Å²) in [6, 6.07) is 21.6. The molecule has 5 nitrogen and oxygen atoms in total. The summed E-state index contributed by atoms with van der Waals surface area (Å²) in [6.45, 7) is 0.166. The van der Waals surface area contributed by atoms with Gasteiger partial charge in [-0.05, 0) is 42.5 Å². The van der Waals surface area contributed by atoms with Crippen molar-refractivity contribution in [3.05, 3.63) is 96.1 Å². The first-order valence-electron chi connectivity index (χ1n) is 9.48. The molecule has 0 heterocycles. The van der Waals surface area contributed by atoms with Gasteiger partial charge in [0.25, 0.3) is 5.91 Å². The van der Waals surface area contributed by atoms with E-state index in [9.17, 15) is 22.8 Å². The molecule has 0 aliphatic carbocycles. The van der Waals surface area contributed by atoms with Crippen LogP contribution in [0.4, 0.5) is 29.3 Å². The standard InChI is InChI=1S/C23H20F3N3O2/c24-23(25,26)18-9-7-8-17(16-18)21(30)27-14-15-29(20-12-5-2-6-13-20)22(31)28-19-10-3-1-4-11-19/h1-13,16H,14-15H2,(H,27,30)(H,28,31). The van der Waals surface area contributed by atoms with Gasteiger partial charge in [0.15, 0.2) is 0 Å². The van der Waals surface area contributed by atoms with E-state index < -0.39 is 23.7 Å². The third kappa shape index (κ3) is 6.08. The number of nitrogens with one attached hydrogen (secondary N) is 2. The molecule has 0 unspecified atom stereocenters. The van der Waals surface area contributed by atoms with Gasteiger partial charge in [-0.25, -0.2) is 4.79 Å². The number of hydrogen-bond acceptors (Lipinski definition) is 2. The number of urea groups is 1. The summed E-state index contributed by atoms with van der Waals surface area (Å²) in [5.41, 5.74) is 0.230. The Kier molecular flexibility index (Phi) is 6.92. The third-order valence-electron chi connectivity index (χ3n) is 4.41. The lowest BCUT2D eigenvalue weighted by atomic mass is 10.1. The van der Waals surface area contributed by atoms with E-state index in [1.54, 1.807) is 48.5 Å². The van der Waals surface area contributed by atoms with Crippen molar-refractivity contribution in [1.82, 2.24) is 5.32 Å². The maximum atomic E-state index is 12.9. The normalized spacial score (nSPS) is 10.9. The number of nitrogens with zero attached hydrogens (tertiary/aromatic N) is 1. The molecular formula is C23H20F3N3O2. The molecule has 0 radical (unpaired) electrons. The van der Waals surface area contributed by atoms with Crippen molar-refractivity contribution < 1.29 is 22.8 Å². The predicted octanol–water partition coefficient (Wildman–Crippen LogP) is 5.17. The summed E-state index contributed by atoms with van der Waals surface area (Å²) < 4.78 is 38.6. The minimum absolute atomic E-state index is 0.0478. The van der Waals surface area contributed by atoms with Gasteiger partial charge in [-0.3, -0.25) is 9.69 Å². The van der Waals surface area contributed by atoms with Crippen LogP contribution in [0.15, 0.2) is 84.9 Å². The van der Waals surface area contributed by atoms with E-state index in [-0.39, 0.29) is 18.7 Å². The summed E-state index contributed by atoms with van der Waals surface area (Å²) in [4.78, 5) is 26.5. The molecular weight excluding hydrogens is 407 g/mol. The molecule has 0 atom stereocenters. The van der Waals surface area contributed by atoms with E-state index in [0.717, 1.165) is 12.1 Å². The van der Waals surface area contributed by atoms with Gasteiger partial charge in [0.2, 0.25) is 0 Å². The van der Waals surface area contributed by atoms with Crippen molar-refractivity contribution in [2.75, 3.05) is 23.3 Å².